The third kappa shape index (κ3) is 5.04. The maximum atomic E-state index is 2.78. The van der Waals surface area contributed by atoms with Crippen LogP contribution in [-0.4, -0.2) is 66.5 Å². The van der Waals surface area contributed by atoms with E-state index >= 15 is 0 Å². The van der Waals surface area contributed by atoms with Crippen LogP contribution in [0.25, 0.3) is 0 Å². The van der Waals surface area contributed by atoms with Gasteiger partial charge in [-0.3, -0.25) is 0 Å². The lowest BCUT2D eigenvalue weighted by Crippen LogP contribution is -2.74. The van der Waals surface area contributed by atoms with Crippen LogP contribution in [0.3, 0.4) is 0 Å². The zero-order valence-electron chi connectivity index (χ0n) is 23.4. The molecule has 0 fully saturated rings. The molecule has 0 aromatic rings. The van der Waals surface area contributed by atoms with Crippen molar-refractivity contribution in [1.29, 1.82) is 0 Å². The van der Waals surface area contributed by atoms with Crippen molar-refractivity contribution < 1.29 is 0 Å². The van der Waals surface area contributed by atoms with Gasteiger partial charge in [0.15, 0.2) is 0 Å². The Kier molecular flexibility index (Phi) is 8.77. The highest BCUT2D eigenvalue weighted by molar-refractivity contribution is 7.39. The molecule has 0 unspecified atom stereocenters. The van der Waals surface area contributed by atoms with E-state index in [2.05, 4.69) is 118 Å². The van der Waals surface area contributed by atoms with Crippen LogP contribution in [0.15, 0.2) is 0 Å². The van der Waals surface area contributed by atoms with Gasteiger partial charge in [0.25, 0.3) is 0 Å². The summed E-state index contributed by atoms with van der Waals surface area (Å²) in [7, 11) is -7.33. The molecular weight excluding hydrogens is 465 g/mol. The molecule has 0 atom stereocenters. The fourth-order valence-electron chi connectivity index (χ4n) is 9.38. The van der Waals surface area contributed by atoms with Gasteiger partial charge in [-0.2, -0.15) is 0 Å². The van der Waals surface area contributed by atoms with E-state index in [-0.39, 0.29) is 18.1 Å². The summed E-state index contributed by atoms with van der Waals surface area (Å²) >= 11 is 0. The normalized spacial score (nSPS) is 17.4. The molecule has 0 saturated carbocycles. The largest absolute Gasteiger partial charge is 0.0698 e. The molecule has 28 heavy (non-hydrogen) atoms. The van der Waals surface area contributed by atoms with E-state index in [9.17, 15) is 0 Å². The lowest BCUT2D eigenvalue weighted by Gasteiger charge is -2.64. The van der Waals surface area contributed by atoms with Crippen LogP contribution >= 0.6 is 0 Å². The molecule has 0 N–H and O–H groups in total. The first-order valence-electron chi connectivity index (χ1n) is 11.7. The Morgan fingerprint density at radius 1 is 0.286 bits per heavy atom. The van der Waals surface area contributed by atoms with Crippen LogP contribution < -0.4 is 0 Å². The summed E-state index contributed by atoms with van der Waals surface area (Å²) in [5.74, 6) is 0. The van der Waals surface area contributed by atoms with Crippen LogP contribution in [0, 0.1) is 0 Å². The van der Waals surface area contributed by atoms with E-state index in [1.807, 2.05) is 0 Å². The van der Waals surface area contributed by atoms with Crippen molar-refractivity contribution in [2.24, 2.45) is 0 Å². The first kappa shape index (κ1) is 29.7. The predicted octanol–water partition coefficient (Wildman–Crippen LogP) is 6.82. The van der Waals surface area contributed by atoms with Gasteiger partial charge in [-0.05, 0) is 0 Å². The first-order chi connectivity index (χ1) is 11.7. The van der Waals surface area contributed by atoms with Gasteiger partial charge in [0.2, 0.25) is 0 Å². The minimum absolute atomic E-state index is 0.00944. The lowest BCUT2D eigenvalue weighted by atomic mass is 11.6. The Morgan fingerprint density at radius 2 is 0.393 bits per heavy atom. The van der Waals surface area contributed by atoms with Gasteiger partial charge < -0.3 is 0 Å². The Bertz CT molecular complexity index is 405. The summed E-state index contributed by atoms with van der Waals surface area (Å²) in [4.78, 5) is 0. The standard InChI is InChI=1S/C20H58Si8/c1-23(2,3)19(24(4,5)6,25(7,8)9)21-22-20(26(10,11)12,27(13,14)15)28(16,17)18/h21-22H2,1-18H3. The van der Waals surface area contributed by atoms with Crippen LogP contribution in [0.1, 0.15) is 0 Å². The highest BCUT2D eigenvalue weighted by Crippen LogP contribution is 2.57. The average Bonchev–Trinajstić information content (AvgIpc) is 2.23. The predicted molar refractivity (Wildman–Crippen MR) is 163 cm³/mol. The number of rotatable bonds is 9. The van der Waals surface area contributed by atoms with E-state index in [1.54, 1.807) is 0 Å². The van der Waals surface area contributed by atoms with Gasteiger partial charge in [0.1, 0.15) is 0 Å². The summed E-state index contributed by atoms with van der Waals surface area (Å²) in [6.45, 7) is 50.1. The van der Waals surface area contributed by atoms with E-state index < -0.39 is 48.4 Å². The number of hydrogen-bond donors (Lipinski definition) is 0. The van der Waals surface area contributed by atoms with Gasteiger partial charge in [0.05, 0.1) is 0 Å². The molecule has 0 heterocycles. The average molecular weight is 523 g/mol. The fraction of sp³-hybridized carbons (Fsp3) is 1.00. The smallest absolute Gasteiger partial charge is 0.0418 e. The minimum atomic E-state index is -1.22. The van der Waals surface area contributed by atoms with Crippen molar-refractivity contribution in [3.05, 3.63) is 0 Å². The second kappa shape index (κ2) is 8.26. The monoisotopic (exact) mass is 522 g/mol. The van der Waals surface area contributed by atoms with E-state index in [0.717, 1.165) is 7.82 Å². The SMILES string of the molecule is C[Si](C)(C)C([SiH2][SiH2]C([Si](C)(C)C)([Si](C)(C)C)[Si](C)(C)C)([Si](C)(C)C)[Si](C)(C)C. The second-order valence-corrected chi connectivity index (χ2v) is 61.3. The van der Waals surface area contributed by atoms with Crippen LogP contribution in [0.4, 0.5) is 0 Å². The van der Waals surface area contributed by atoms with Crippen LogP contribution in [0.2, 0.25) is 126 Å². The van der Waals surface area contributed by atoms with E-state index in [1.165, 1.54) is 0 Å². The molecule has 0 aromatic heterocycles. The third-order valence-electron chi connectivity index (χ3n) is 8.56. The molecular formula is C20H58Si8. The van der Waals surface area contributed by atoms with Crippen molar-refractivity contribution in [2.45, 2.75) is 126 Å². The Balaban J connectivity index is 6.89. The molecule has 0 saturated heterocycles. The van der Waals surface area contributed by atoms with Crippen molar-refractivity contribution in [1.82, 2.24) is 0 Å². The highest BCUT2D eigenvalue weighted by Gasteiger charge is 2.64. The molecule has 0 aliphatic carbocycles. The Hall–Kier alpha value is 1.74. The summed E-state index contributed by atoms with van der Waals surface area (Å²) < 4.78 is 1.81. The zero-order valence-corrected chi connectivity index (χ0v) is 32.2. The summed E-state index contributed by atoms with van der Waals surface area (Å²) in [5.41, 5.74) is 0. The molecule has 170 valence electrons. The third-order valence-corrected chi connectivity index (χ3v) is 90.5. The maximum Gasteiger partial charge on any atom is 0.0418 e. The topological polar surface area (TPSA) is 0 Å². The molecule has 0 bridgehead atoms. The van der Waals surface area contributed by atoms with Crippen molar-refractivity contribution in [3.63, 3.8) is 0 Å². The molecule has 0 spiro atoms. The summed E-state index contributed by atoms with van der Waals surface area (Å²) in [6.07, 6.45) is 0. The van der Waals surface area contributed by atoms with Gasteiger partial charge in [-0.15, -0.1) is 0 Å². The zero-order chi connectivity index (χ0) is 23.4. The molecule has 0 aliphatic rings. The van der Waals surface area contributed by atoms with Crippen molar-refractivity contribution in [3.8, 4) is 0 Å². The Labute approximate surface area is 191 Å². The molecule has 0 aliphatic heterocycles. The van der Waals surface area contributed by atoms with Crippen molar-refractivity contribution >= 4 is 66.5 Å². The molecule has 0 amide bonds. The summed E-state index contributed by atoms with van der Waals surface area (Å²) in [5, 5.41) is 0. The van der Waals surface area contributed by atoms with Gasteiger partial charge in [0, 0.05) is 66.5 Å². The molecule has 0 aromatic carbocycles. The number of hydrogen-bond acceptors (Lipinski definition) is 0. The molecule has 0 rings (SSSR count). The fourth-order valence-corrected chi connectivity index (χ4v) is 132. The minimum Gasteiger partial charge on any atom is -0.0698 e. The van der Waals surface area contributed by atoms with Crippen molar-refractivity contribution in [2.75, 3.05) is 0 Å². The Morgan fingerprint density at radius 3 is 0.464 bits per heavy atom. The molecule has 0 radical (unpaired) electrons. The molecule has 8 heteroatoms. The van der Waals surface area contributed by atoms with Crippen LogP contribution in [0.5, 0.6) is 0 Å². The maximum absolute atomic E-state index is 2.78. The molecule has 0 nitrogen and oxygen atoms in total. The van der Waals surface area contributed by atoms with E-state index in [4.69, 9.17) is 0 Å². The van der Waals surface area contributed by atoms with Gasteiger partial charge >= 0.3 is 0 Å². The van der Waals surface area contributed by atoms with Crippen LogP contribution in [-0.2, 0) is 0 Å². The second-order valence-electron chi connectivity index (χ2n) is 15.8. The first-order valence-corrected chi connectivity index (χ1v) is 38.1. The highest BCUT2D eigenvalue weighted by atomic mass is 29.2. The van der Waals surface area contributed by atoms with Gasteiger partial charge in [-0.1, -0.05) is 126 Å². The quantitative estimate of drug-likeness (QED) is 0.291. The summed E-state index contributed by atoms with van der Waals surface area (Å²) in [6, 6.07) is 0. The van der Waals surface area contributed by atoms with Gasteiger partial charge in [-0.25, -0.2) is 0 Å². The lowest BCUT2D eigenvalue weighted by molar-refractivity contribution is 1.22. The van der Waals surface area contributed by atoms with E-state index in [0.29, 0.717) is 0 Å².